The number of likely N-dealkylation sites (tertiary alicyclic amines) is 1. The summed E-state index contributed by atoms with van der Waals surface area (Å²) in [5.41, 5.74) is 9.13. The van der Waals surface area contributed by atoms with E-state index in [1.807, 2.05) is 6.20 Å². The van der Waals surface area contributed by atoms with Crippen LogP contribution in [0.3, 0.4) is 0 Å². The number of nitrogen functional groups attached to an aromatic ring is 1. The van der Waals surface area contributed by atoms with Gasteiger partial charge in [-0.2, -0.15) is 0 Å². The van der Waals surface area contributed by atoms with E-state index in [0.717, 1.165) is 42.8 Å². The molecule has 1 saturated heterocycles. The van der Waals surface area contributed by atoms with Crippen LogP contribution in [-0.4, -0.2) is 50.8 Å². The van der Waals surface area contributed by atoms with Gasteiger partial charge in [0.05, 0.1) is 22.8 Å². The highest BCUT2D eigenvalue weighted by atomic mass is 19.1. The zero-order chi connectivity index (χ0) is 24.3. The van der Waals surface area contributed by atoms with Crippen molar-refractivity contribution in [2.24, 2.45) is 0 Å². The van der Waals surface area contributed by atoms with E-state index in [9.17, 15) is 4.79 Å². The minimum absolute atomic E-state index is 0.0218. The number of nitrogens with zero attached hydrogens (tertiary/aromatic N) is 5. The first kappa shape index (κ1) is 21.5. The number of anilines is 3. The Kier molecular flexibility index (Phi) is 4.78. The lowest BCUT2D eigenvalue weighted by Gasteiger charge is -2.37. The van der Waals surface area contributed by atoms with Gasteiger partial charge in [0.2, 0.25) is 5.88 Å². The Morgan fingerprint density at radius 2 is 2.03 bits per heavy atom. The third-order valence-electron chi connectivity index (χ3n) is 6.97. The molecule has 35 heavy (non-hydrogen) atoms. The number of carbonyl (C=O) groups excluding carboxylic acids is 1. The van der Waals surface area contributed by atoms with E-state index in [0.29, 0.717) is 16.8 Å². The van der Waals surface area contributed by atoms with Crippen LogP contribution < -0.4 is 16.4 Å². The molecule has 180 valence electrons. The summed E-state index contributed by atoms with van der Waals surface area (Å²) in [4.78, 5) is 23.2. The van der Waals surface area contributed by atoms with E-state index in [1.165, 1.54) is 18.5 Å². The van der Waals surface area contributed by atoms with Gasteiger partial charge in [-0.15, -0.1) is 0 Å². The number of nitrogens with one attached hydrogen (secondary N) is 2. The average molecular weight is 477 g/mol. The van der Waals surface area contributed by atoms with E-state index < -0.39 is 11.8 Å². The number of likely N-dealkylation sites (N-methyl/N-ethyl adjacent to an activating group) is 1. The SMILES string of the molecule is CN1CC(n2cc(-c3ccc(NC(=O)Nc4cc(C5(C)CC5)no4)c(F)c3)c3c(N)ncnc32)C1. The molecule has 4 heterocycles. The number of benzene rings is 1. The van der Waals surface area contributed by atoms with Crippen LogP contribution in [0, 0.1) is 5.82 Å². The molecule has 1 aromatic carbocycles. The third kappa shape index (κ3) is 3.77. The molecule has 1 aliphatic carbocycles. The molecule has 6 rings (SSSR count). The van der Waals surface area contributed by atoms with Gasteiger partial charge in [-0.3, -0.25) is 5.32 Å². The third-order valence-corrected chi connectivity index (χ3v) is 6.97. The molecule has 10 nitrogen and oxygen atoms in total. The zero-order valence-electron chi connectivity index (χ0n) is 19.4. The van der Waals surface area contributed by atoms with Crippen molar-refractivity contribution in [3.63, 3.8) is 0 Å². The van der Waals surface area contributed by atoms with Gasteiger partial charge in [0.1, 0.15) is 23.6 Å². The summed E-state index contributed by atoms with van der Waals surface area (Å²) in [5.74, 6) is -0.0291. The number of halogens is 1. The number of carbonyl (C=O) groups is 1. The van der Waals surface area contributed by atoms with Gasteiger partial charge >= 0.3 is 6.03 Å². The van der Waals surface area contributed by atoms with Gasteiger partial charge < -0.3 is 25.0 Å². The summed E-state index contributed by atoms with van der Waals surface area (Å²) in [6.45, 7) is 3.88. The number of nitrogens with two attached hydrogens (primary N) is 1. The van der Waals surface area contributed by atoms with Gasteiger partial charge in [0, 0.05) is 36.3 Å². The maximum absolute atomic E-state index is 15.0. The number of amides is 2. The largest absolute Gasteiger partial charge is 0.383 e. The summed E-state index contributed by atoms with van der Waals surface area (Å²) >= 11 is 0. The first-order valence-corrected chi connectivity index (χ1v) is 11.5. The van der Waals surface area contributed by atoms with Gasteiger partial charge in [-0.05, 0) is 37.6 Å². The Labute approximate surface area is 200 Å². The van der Waals surface area contributed by atoms with E-state index in [1.54, 1.807) is 12.1 Å². The molecule has 0 atom stereocenters. The highest BCUT2D eigenvalue weighted by molar-refractivity contribution is 6.02. The summed E-state index contributed by atoms with van der Waals surface area (Å²) in [7, 11) is 2.05. The molecule has 4 aromatic rings. The monoisotopic (exact) mass is 476 g/mol. The van der Waals surface area contributed by atoms with E-state index in [-0.39, 0.29) is 23.0 Å². The number of hydrogen-bond acceptors (Lipinski definition) is 7. The molecule has 2 aliphatic rings. The number of rotatable bonds is 5. The highest BCUT2D eigenvalue weighted by Crippen LogP contribution is 2.47. The van der Waals surface area contributed by atoms with Crippen molar-refractivity contribution in [2.45, 2.75) is 31.2 Å². The van der Waals surface area contributed by atoms with Crippen molar-refractivity contribution in [2.75, 3.05) is 36.5 Å². The molecule has 0 radical (unpaired) electrons. The van der Waals surface area contributed by atoms with Crippen LogP contribution in [0.4, 0.5) is 26.6 Å². The van der Waals surface area contributed by atoms with E-state index in [4.69, 9.17) is 10.3 Å². The van der Waals surface area contributed by atoms with Crippen molar-refractivity contribution in [3.8, 4) is 11.1 Å². The van der Waals surface area contributed by atoms with Crippen LogP contribution in [0.5, 0.6) is 0 Å². The second kappa shape index (κ2) is 7.77. The summed E-state index contributed by atoms with van der Waals surface area (Å²) in [5, 5.41) is 9.79. The maximum Gasteiger partial charge on any atom is 0.326 e. The minimum atomic E-state index is -0.622. The molecule has 2 amide bonds. The number of urea groups is 1. The van der Waals surface area contributed by atoms with Crippen LogP contribution in [0.15, 0.2) is 41.3 Å². The van der Waals surface area contributed by atoms with Crippen LogP contribution in [0.2, 0.25) is 0 Å². The lowest BCUT2D eigenvalue weighted by molar-refractivity contribution is 0.143. The van der Waals surface area contributed by atoms with Crippen molar-refractivity contribution in [1.29, 1.82) is 0 Å². The van der Waals surface area contributed by atoms with Gasteiger partial charge in [-0.1, -0.05) is 18.1 Å². The lowest BCUT2D eigenvalue weighted by Crippen LogP contribution is -2.44. The quantitative estimate of drug-likeness (QED) is 0.397. The number of hydrogen-bond donors (Lipinski definition) is 3. The number of aromatic nitrogens is 4. The van der Waals surface area contributed by atoms with Crippen molar-refractivity contribution in [1.82, 2.24) is 24.6 Å². The number of fused-ring (bicyclic) bond motifs is 1. The fraction of sp³-hybridized carbons (Fsp3) is 0.333. The molecule has 0 spiro atoms. The highest BCUT2D eigenvalue weighted by Gasteiger charge is 2.42. The van der Waals surface area contributed by atoms with Crippen LogP contribution in [-0.2, 0) is 5.41 Å². The molecule has 0 bridgehead atoms. The Hall–Kier alpha value is -3.99. The van der Waals surface area contributed by atoms with Crippen molar-refractivity contribution in [3.05, 3.63) is 48.3 Å². The van der Waals surface area contributed by atoms with Crippen molar-refractivity contribution >= 4 is 34.5 Å². The predicted molar refractivity (Wildman–Crippen MR) is 130 cm³/mol. The maximum atomic E-state index is 15.0. The average Bonchev–Trinajstić information content (AvgIpc) is 3.21. The summed E-state index contributed by atoms with van der Waals surface area (Å²) < 4.78 is 22.3. The second-order valence-corrected chi connectivity index (χ2v) is 9.69. The van der Waals surface area contributed by atoms with Crippen molar-refractivity contribution < 1.29 is 13.7 Å². The first-order valence-electron chi connectivity index (χ1n) is 11.5. The summed E-state index contributed by atoms with van der Waals surface area (Å²) in [6.07, 6.45) is 5.46. The first-order chi connectivity index (χ1) is 16.8. The molecule has 0 unspecified atom stereocenters. The van der Waals surface area contributed by atoms with E-state index in [2.05, 4.69) is 49.2 Å². The fourth-order valence-electron chi connectivity index (χ4n) is 4.56. The Bertz CT molecular complexity index is 1450. The normalized spacial score (nSPS) is 17.3. The Morgan fingerprint density at radius 3 is 2.74 bits per heavy atom. The fourth-order valence-corrected chi connectivity index (χ4v) is 4.56. The topological polar surface area (TPSA) is 127 Å². The molecule has 2 fully saturated rings. The molecule has 1 saturated carbocycles. The van der Waals surface area contributed by atoms with Crippen LogP contribution in [0.25, 0.3) is 22.2 Å². The van der Waals surface area contributed by atoms with Gasteiger partial charge in [-0.25, -0.2) is 19.2 Å². The predicted octanol–water partition coefficient (Wildman–Crippen LogP) is 3.99. The lowest BCUT2D eigenvalue weighted by atomic mass is 10.1. The summed E-state index contributed by atoms with van der Waals surface area (Å²) in [6, 6.07) is 5.96. The molecule has 1 aliphatic heterocycles. The zero-order valence-corrected chi connectivity index (χ0v) is 19.4. The van der Waals surface area contributed by atoms with Crippen LogP contribution in [0.1, 0.15) is 31.5 Å². The molecule has 3 aromatic heterocycles. The van der Waals surface area contributed by atoms with Gasteiger partial charge in [0.25, 0.3) is 0 Å². The molecular formula is C24H25FN8O2. The molecule has 11 heteroatoms. The second-order valence-electron chi connectivity index (χ2n) is 9.69. The molecule has 4 N–H and O–H groups in total. The molecular weight excluding hydrogens is 451 g/mol. The Balaban J connectivity index is 1.24. The van der Waals surface area contributed by atoms with E-state index >= 15 is 4.39 Å². The smallest absolute Gasteiger partial charge is 0.326 e. The van der Waals surface area contributed by atoms with Gasteiger partial charge in [0.15, 0.2) is 0 Å². The Morgan fingerprint density at radius 1 is 1.23 bits per heavy atom. The standard InChI is InChI=1S/C24H25FN8O2/c1-24(5-6-24)18-8-19(35-31-18)30-23(34)29-17-4-3-13(7-16(17)25)15-11-33(14-9-32(2)10-14)22-20(15)21(26)27-12-28-22/h3-4,7-8,11-12,14H,5-6,9-10H2,1-2H3,(H2,26,27,28)(H2,29,30,34). The van der Waals surface area contributed by atoms with Crippen LogP contribution >= 0.6 is 0 Å². The minimum Gasteiger partial charge on any atom is -0.383 e.